The number of hydrogen-bond donors (Lipinski definition) is 4. The molecule has 0 aromatic rings. The number of aliphatic hydroxyl groups is 3. The quantitative estimate of drug-likeness (QED) is 0.0429. The van der Waals surface area contributed by atoms with Gasteiger partial charge in [0, 0.05) is 0 Å². The molecular weight excluding hydrogens is 558 g/mol. The first-order valence-electron chi connectivity index (χ1n) is 18.9. The van der Waals surface area contributed by atoms with E-state index < -0.39 is 18.2 Å². The molecule has 45 heavy (non-hydrogen) atoms. The number of hydrogen-bond acceptors (Lipinski definition) is 4. The van der Waals surface area contributed by atoms with Crippen molar-refractivity contribution >= 4 is 5.91 Å². The molecule has 0 aliphatic carbocycles. The average Bonchev–Trinajstić information content (AvgIpc) is 3.03. The molecule has 0 bridgehead atoms. The van der Waals surface area contributed by atoms with Crippen LogP contribution in [0, 0.1) is 0 Å². The van der Waals surface area contributed by atoms with E-state index >= 15 is 0 Å². The molecule has 5 heteroatoms. The van der Waals surface area contributed by atoms with Gasteiger partial charge >= 0.3 is 0 Å². The lowest BCUT2D eigenvalue weighted by Gasteiger charge is -2.20. The van der Waals surface area contributed by atoms with Crippen molar-refractivity contribution in [2.24, 2.45) is 0 Å². The topological polar surface area (TPSA) is 89.8 Å². The SMILES string of the molecule is CCCCCCC/C=C/CC/C=C/CC/C=C/C(O)C(CO)NC(=O)CC(O)CCCCCCC/C=C\CCCCCCCC. The highest BCUT2D eigenvalue weighted by Crippen LogP contribution is 2.12. The highest BCUT2D eigenvalue weighted by atomic mass is 16.3. The second-order valence-corrected chi connectivity index (χ2v) is 12.8. The molecule has 4 N–H and O–H groups in total. The number of amides is 1. The molecular formula is C40H73NO4. The van der Waals surface area contributed by atoms with Crippen LogP contribution in [0.15, 0.2) is 48.6 Å². The third-order valence-corrected chi connectivity index (χ3v) is 8.32. The summed E-state index contributed by atoms with van der Waals surface area (Å²) >= 11 is 0. The predicted molar refractivity (Wildman–Crippen MR) is 194 cm³/mol. The Morgan fingerprint density at radius 3 is 1.42 bits per heavy atom. The van der Waals surface area contributed by atoms with Gasteiger partial charge in [-0.05, 0) is 70.6 Å². The molecule has 0 spiro atoms. The van der Waals surface area contributed by atoms with E-state index in [0.717, 1.165) is 51.4 Å². The van der Waals surface area contributed by atoms with Crippen molar-refractivity contribution in [3.05, 3.63) is 48.6 Å². The van der Waals surface area contributed by atoms with Crippen LogP contribution in [0.3, 0.4) is 0 Å². The fraction of sp³-hybridized carbons (Fsp3) is 0.775. The van der Waals surface area contributed by atoms with Crippen molar-refractivity contribution in [1.29, 1.82) is 0 Å². The minimum Gasteiger partial charge on any atom is -0.394 e. The van der Waals surface area contributed by atoms with Crippen molar-refractivity contribution in [1.82, 2.24) is 5.32 Å². The Balaban J connectivity index is 3.83. The minimum absolute atomic E-state index is 0.00469. The molecule has 0 rings (SSSR count). The van der Waals surface area contributed by atoms with E-state index in [1.165, 1.54) is 96.3 Å². The number of nitrogens with one attached hydrogen (secondary N) is 1. The first kappa shape index (κ1) is 43.3. The van der Waals surface area contributed by atoms with E-state index in [4.69, 9.17) is 0 Å². The van der Waals surface area contributed by atoms with Crippen molar-refractivity contribution in [2.75, 3.05) is 6.61 Å². The zero-order chi connectivity index (χ0) is 33.1. The molecule has 3 unspecified atom stereocenters. The monoisotopic (exact) mass is 632 g/mol. The van der Waals surface area contributed by atoms with Crippen LogP contribution in [0.2, 0.25) is 0 Å². The number of allylic oxidation sites excluding steroid dienone is 7. The van der Waals surface area contributed by atoms with E-state index in [1.807, 2.05) is 6.08 Å². The van der Waals surface area contributed by atoms with Crippen LogP contribution in [0.1, 0.15) is 174 Å². The number of unbranched alkanes of at least 4 members (excludes halogenated alkanes) is 18. The second kappa shape index (κ2) is 35.2. The van der Waals surface area contributed by atoms with Gasteiger partial charge in [-0.3, -0.25) is 4.79 Å². The number of carbonyl (C=O) groups excluding carboxylic acids is 1. The molecule has 0 aromatic heterocycles. The zero-order valence-electron chi connectivity index (χ0n) is 29.5. The van der Waals surface area contributed by atoms with Crippen LogP contribution in [0.5, 0.6) is 0 Å². The first-order chi connectivity index (χ1) is 22.0. The van der Waals surface area contributed by atoms with Crippen molar-refractivity contribution in [3.8, 4) is 0 Å². The summed E-state index contributed by atoms with van der Waals surface area (Å²) in [4.78, 5) is 12.4. The Morgan fingerprint density at radius 2 is 0.956 bits per heavy atom. The highest BCUT2D eigenvalue weighted by Gasteiger charge is 2.20. The van der Waals surface area contributed by atoms with Crippen LogP contribution < -0.4 is 5.32 Å². The third-order valence-electron chi connectivity index (χ3n) is 8.32. The maximum atomic E-state index is 12.4. The smallest absolute Gasteiger partial charge is 0.222 e. The number of rotatable bonds is 33. The molecule has 0 fully saturated rings. The van der Waals surface area contributed by atoms with Gasteiger partial charge in [-0.2, -0.15) is 0 Å². The summed E-state index contributed by atoms with van der Waals surface area (Å²) in [6.45, 7) is 4.15. The van der Waals surface area contributed by atoms with Crippen LogP contribution in [-0.4, -0.2) is 46.1 Å². The molecule has 3 atom stereocenters. The van der Waals surface area contributed by atoms with Gasteiger partial charge in [0.1, 0.15) is 0 Å². The molecule has 5 nitrogen and oxygen atoms in total. The van der Waals surface area contributed by atoms with Crippen LogP contribution >= 0.6 is 0 Å². The molecule has 0 aliphatic heterocycles. The molecule has 0 saturated carbocycles. The summed E-state index contributed by atoms with van der Waals surface area (Å²) in [5.41, 5.74) is 0. The largest absolute Gasteiger partial charge is 0.394 e. The first-order valence-corrected chi connectivity index (χ1v) is 18.9. The van der Waals surface area contributed by atoms with Crippen molar-refractivity contribution in [3.63, 3.8) is 0 Å². The molecule has 1 amide bonds. The lowest BCUT2D eigenvalue weighted by molar-refractivity contribution is -0.124. The van der Waals surface area contributed by atoms with Gasteiger partial charge in [0.2, 0.25) is 5.91 Å². The zero-order valence-corrected chi connectivity index (χ0v) is 29.5. The standard InChI is InChI=1S/C40H73NO4/c1-3-5-7-9-11-13-15-17-19-21-23-25-27-29-31-33-37(43)35-40(45)41-38(36-42)39(44)34-32-30-28-26-24-22-20-18-16-14-12-10-8-6-4-2/h16-19,24,26,32,34,37-39,42-44H,3-15,20-23,25,27-31,33,35-36H2,1-2H3,(H,41,45)/b18-16+,19-17-,26-24+,34-32+. The van der Waals surface area contributed by atoms with E-state index in [0.29, 0.717) is 6.42 Å². The summed E-state index contributed by atoms with van der Waals surface area (Å²) in [7, 11) is 0. The van der Waals surface area contributed by atoms with Gasteiger partial charge in [-0.25, -0.2) is 0 Å². The molecule has 0 saturated heterocycles. The summed E-state index contributed by atoms with van der Waals surface area (Å²) in [5, 5.41) is 33.0. The minimum atomic E-state index is -0.961. The molecule has 0 radical (unpaired) electrons. The Kier molecular flexibility index (Phi) is 33.8. The molecule has 0 heterocycles. The summed E-state index contributed by atoms with van der Waals surface area (Å²) < 4.78 is 0. The second-order valence-electron chi connectivity index (χ2n) is 12.8. The summed E-state index contributed by atoms with van der Waals surface area (Å²) in [6.07, 6.45) is 43.7. The Hall–Kier alpha value is -1.69. The molecule has 262 valence electrons. The Morgan fingerprint density at radius 1 is 0.556 bits per heavy atom. The Labute approximate surface area is 278 Å². The van der Waals surface area contributed by atoms with E-state index in [-0.39, 0.29) is 18.9 Å². The van der Waals surface area contributed by atoms with Gasteiger partial charge < -0.3 is 20.6 Å². The maximum absolute atomic E-state index is 12.4. The van der Waals surface area contributed by atoms with Gasteiger partial charge in [-0.15, -0.1) is 0 Å². The maximum Gasteiger partial charge on any atom is 0.222 e. The molecule has 0 aliphatic rings. The highest BCUT2D eigenvalue weighted by molar-refractivity contribution is 5.76. The number of aliphatic hydroxyl groups excluding tert-OH is 3. The van der Waals surface area contributed by atoms with Crippen molar-refractivity contribution < 1.29 is 20.1 Å². The molecule has 0 aromatic carbocycles. The number of carbonyl (C=O) groups is 1. The predicted octanol–water partition coefficient (Wildman–Crippen LogP) is 10.2. The third kappa shape index (κ3) is 32.1. The van der Waals surface area contributed by atoms with Crippen LogP contribution in [0.4, 0.5) is 0 Å². The van der Waals surface area contributed by atoms with Crippen LogP contribution in [0.25, 0.3) is 0 Å². The fourth-order valence-electron chi connectivity index (χ4n) is 5.36. The van der Waals surface area contributed by atoms with Gasteiger partial charge in [0.05, 0.1) is 31.3 Å². The Bertz CT molecular complexity index is 745. The average molecular weight is 632 g/mol. The lowest BCUT2D eigenvalue weighted by atomic mass is 10.0. The lowest BCUT2D eigenvalue weighted by Crippen LogP contribution is -2.45. The normalized spacial score (nSPS) is 14.3. The van der Waals surface area contributed by atoms with Gasteiger partial charge in [0.15, 0.2) is 0 Å². The van der Waals surface area contributed by atoms with Gasteiger partial charge in [-0.1, -0.05) is 146 Å². The van der Waals surface area contributed by atoms with E-state index in [1.54, 1.807) is 6.08 Å². The van der Waals surface area contributed by atoms with Gasteiger partial charge in [0.25, 0.3) is 0 Å². The fourth-order valence-corrected chi connectivity index (χ4v) is 5.36. The van der Waals surface area contributed by atoms with Crippen molar-refractivity contribution in [2.45, 2.75) is 193 Å². The van der Waals surface area contributed by atoms with E-state index in [2.05, 4.69) is 55.6 Å². The summed E-state index contributed by atoms with van der Waals surface area (Å²) in [6, 6.07) is -0.769. The van der Waals surface area contributed by atoms with Crippen LogP contribution in [-0.2, 0) is 4.79 Å². The summed E-state index contributed by atoms with van der Waals surface area (Å²) in [5.74, 6) is -0.338. The van der Waals surface area contributed by atoms with E-state index in [9.17, 15) is 20.1 Å².